The molecule has 0 aliphatic carbocycles. The van der Waals surface area contributed by atoms with Crippen molar-refractivity contribution in [3.8, 4) is 11.5 Å². The minimum atomic E-state index is -3.24. The molecule has 0 saturated carbocycles. The minimum absolute atomic E-state index is 0.0475. The third-order valence-electron chi connectivity index (χ3n) is 3.50. The molecule has 0 amide bonds. The van der Waals surface area contributed by atoms with Crippen molar-refractivity contribution in [3.05, 3.63) is 64.6 Å². The zero-order valence-corrected chi connectivity index (χ0v) is 15.4. The molecule has 3 rings (SSSR count). The van der Waals surface area contributed by atoms with E-state index in [1.54, 1.807) is 19.2 Å². The van der Waals surface area contributed by atoms with E-state index in [0.717, 1.165) is 11.3 Å². The number of nitrogens with zero attached hydrogens (tertiary/aromatic N) is 2. The first-order chi connectivity index (χ1) is 12.8. The Labute approximate surface area is 158 Å². The van der Waals surface area contributed by atoms with Gasteiger partial charge in [0.1, 0.15) is 11.5 Å². The van der Waals surface area contributed by atoms with E-state index >= 15 is 0 Å². The van der Waals surface area contributed by atoms with E-state index < -0.39 is 6.11 Å². The molecule has 0 aliphatic heterocycles. The Morgan fingerprint density at radius 3 is 2.33 bits per heavy atom. The maximum absolute atomic E-state index is 12.8. The second kappa shape index (κ2) is 7.75. The van der Waals surface area contributed by atoms with Crippen molar-refractivity contribution in [2.75, 3.05) is 12.4 Å². The third-order valence-corrected chi connectivity index (χ3v) is 4.37. The molecular formula is C18H17F2N3O3S. The van der Waals surface area contributed by atoms with Crippen LogP contribution < -0.4 is 20.5 Å². The fourth-order valence-corrected chi connectivity index (χ4v) is 3.11. The van der Waals surface area contributed by atoms with Crippen LogP contribution in [-0.4, -0.2) is 22.2 Å². The van der Waals surface area contributed by atoms with Gasteiger partial charge in [0.05, 0.1) is 13.7 Å². The number of hydrogen-bond donors (Lipinski definition) is 1. The van der Waals surface area contributed by atoms with E-state index in [9.17, 15) is 13.6 Å². The van der Waals surface area contributed by atoms with Crippen molar-refractivity contribution in [3.63, 3.8) is 0 Å². The molecule has 1 aromatic heterocycles. The molecule has 0 bridgehead atoms. The monoisotopic (exact) mass is 393 g/mol. The molecule has 1 N–H and O–H groups in total. The first kappa shape index (κ1) is 18.8. The Kier molecular flexibility index (Phi) is 5.41. The van der Waals surface area contributed by atoms with Gasteiger partial charge in [0, 0.05) is 12.6 Å². The second-order valence-corrected chi connectivity index (χ2v) is 6.74. The smallest absolute Gasteiger partial charge is 0.394 e. The van der Waals surface area contributed by atoms with Crippen molar-refractivity contribution in [1.29, 1.82) is 0 Å². The van der Waals surface area contributed by atoms with E-state index in [1.165, 1.54) is 27.6 Å². The highest BCUT2D eigenvalue weighted by Crippen LogP contribution is 2.24. The summed E-state index contributed by atoms with van der Waals surface area (Å²) >= 11 is 1.17. The predicted molar refractivity (Wildman–Crippen MR) is 99.4 cm³/mol. The number of anilines is 2. The topological polar surface area (TPSA) is 65.4 Å². The quantitative estimate of drug-likeness (QED) is 0.655. The first-order valence-electron chi connectivity index (χ1n) is 7.97. The molecule has 2 aromatic carbocycles. The second-order valence-electron chi connectivity index (χ2n) is 5.73. The normalized spacial score (nSPS) is 11.3. The van der Waals surface area contributed by atoms with E-state index in [-0.39, 0.29) is 11.4 Å². The van der Waals surface area contributed by atoms with E-state index in [4.69, 9.17) is 4.74 Å². The predicted octanol–water partition coefficient (Wildman–Crippen LogP) is 4.10. The summed E-state index contributed by atoms with van der Waals surface area (Å²) in [7, 11) is 1.59. The van der Waals surface area contributed by atoms with Crippen molar-refractivity contribution in [1.82, 2.24) is 8.94 Å². The summed E-state index contributed by atoms with van der Waals surface area (Å²) in [6, 6.07) is 13.4. The van der Waals surface area contributed by atoms with Crippen LogP contribution in [0.15, 0.2) is 53.3 Å². The number of rotatable bonds is 7. The molecule has 0 radical (unpaired) electrons. The van der Waals surface area contributed by atoms with Crippen molar-refractivity contribution < 1.29 is 18.3 Å². The molecular weight excluding hydrogens is 376 g/mol. The van der Waals surface area contributed by atoms with Crippen LogP contribution in [0.2, 0.25) is 0 Å². The van der Waals surface area contributed by atoms with Gasteiger partial charge in [0.2, 0.25) is 5.13 Å². The Bertz CT molecular complexity index is 948. The van der Waals surface area contributed by atoms with Crippen LogP contribution in [0.5, 0.6) is 11.5 Å². The number of alkyl halides is 2. The molecule has 3 aromatic rings. The zero-order valence-electron chi connectivity index (χ0n) is 14.6. The summed E-state index contributed by atoms with van der Waals surface area (Å²) in [5, 5.41) is 3.39. The highest BCUT2D eigenvalue weighted by atomic mass is 32.1. The van der Waals surface area contributed by atoms with Gasteiger partial charge in [0.15, 0.2) is 0 Å². The molecule has 0 unspecified atom stereocenters. The molecule has 1 heterocycles. The van der Waals surface area contributed by atoms with E-state index in [0.29, 0.717) is 24.3 Å². The van der Waals surface area contributed by atoms with Gasteiger partial charge in [-0.25, -0.2) is 8.75 Å². The molecule has 0 saturated heterocycles. The summed E-state index contributed by atoms with van der Waals surface area (Å²) in [5.74, 6) is 0.789. The number of nitrogens with one attached hydrogen (secondary N) is 1. The van der Waals surface area contributed by atoms with Gasteiger partial charge in [-0.2, -0.15) is 13.8 Å². The Morgan fingerprint density at radius 2 is 1.74 bits per heavy atom. The van der Waals surface area contributed by atoms with Crippen LogP contribution in [0.25, 0.3) is 0 Å². The van der Waals surface area contributed by atoms with Gasteiger partial charge < -0.3 is 14.8 Å². The van der Waals surface area contributed by atoms with Crippen LogP contribution in [0, 0.1) is 0 Å². The zero-order chi connectivity index (χ0) is 19.4. The molecule has 27 heavy (non-hydrogen) atoms. The summed E-state index contributed by atoms with van der Waals surface area (Å²) in [6.07, 6.45) is -3.24. The van der Waals surface area contributed by atoms with Crippen molar-refractivity contribution in [2.24, 2.45) is 0 Å². The largest absolute Gasteiger partial charge is 0.497 e. The van der Waals surface area contributed by atoms with Crippen LogP contribution >= 0.6 is 11.5 Å². The third kappa shape index (κ3) is 5.27. The molecule has 6 nitrogen and oxygen atoms in total. The molecule has 9 heteroatoms. The summed E-state index contributed by atoms with van der Waals surface area (Å²) in [6.45, 7) is 1.06. The lowest BCUT2D eigenvalue weighted by Crippen LogP contribution is -2.18. The summed E-state index contributed by atoms with van der Waals surface area (Å²) < 4.78 is 36.8. The summed E-state index contributed by atoms with van der Waals surface area (Å²) in [5.41, 5.74) is 1.17. The van der Waals surface area contributed by atoms with Crippen molar-refractivity contribution in [2.45, 2.75) is 19.6 Å². The van der Waals surface area contributed by atoms with Crippen LogP contribution in [-0.2, 0) is 6.54 Å². The van der Waals surface area contributed by atoms with Crippen LogP contribution in [0.1, 0.15) is 12.5 Å². The van der Waals surface area contributed by atoms with Gasteiger partial charge in [-0.1, -0.05) is 12.1 Å². The Morgan fingerprint density at radius 1 is 1.11 bits per heavy atom. The maximum Gasteiger partial charge on any atom is 0.394 e. The number of aromatic nitrogens is 2. The standard InChI is InChI=1S/C18H17F2N3O3S/c1-18(19,20)26-15-9-5-13(6-10-15)21-16-22-17(24)23(27-16)11-12-3-7-14(25-2)8-4-12/h3-10H,11H2,1-2H3,(H,21,22,24). The van der Waals surface area contributed by atoms with Gasteiger partial charge in [-0.05, 0) is 53.5 Å². The van der Waals surface area contributed by atoms with Gasteiger partial charge in [-0.15, -0.1) is 0 Å². The van der Waals surface area contributed by atoms with Crippen LogP contribution in [0.4, 0.5) is 19.6 Å². The fraction of sp³-hybridized carbons (Fsp3) is 0.222. The van der Waals surface area contributed by atoms with Gasteiger partial charge >= 0.3 is 11.8 Å². The maximum atomic E-state index is 12.8. The average molecular weight is 393 g/mol. The highest BCUT2D eigenvalue weighted by molar-refractivity contribution is 7.10. The van der Waals surface area contributed by atoms with Gasteiger partial charge in [0.25, 0.3) is 0 Å². The summed E-state index contributed by atoms with van der Waals surface area (Å²) in [4.78, 5) is 16.0. The lowest BCUT2D eigenvalue weighted by molar-refractivity contribution is -0.158. The number of hydrogen-bond acceptors (Lipinski definition) is 6. The molecule has 0 fully saturated rings. The Hall–Kier alpha value is -2.94. The highest BCUT2D eigenvalue weighted by Gasteiger charge is 2.22. The van der Waals surface area contributed by atoms with Crippen LogP contribution in [0.3, 0.4) is 0 Å². The molecule has 0 atom stereocenters. The lowest BCUT2D eigenvalue weighted by atomic mass is 10.2. The Balaban J connectivity index is 1.68. The molecule has 142 valence electrons. The lowest BCUT2D eigenvalue weighted by Gasteiger charge is -2.13. The van der Waals surface area contributed by atoms with Crippen molar-refractivity contribution >= 4 is 22.4 Å². The van der Waals surface area contributed by atoms with Gasteiger partial charge in [-0.3, -0.25) is 0 Å². The first-order valence-corrected chi connectivity index (χ1v) is 8.75. The number of benzene rings is 2. The number of halogens is 2. The fourth-order valence-electron chi connectivity index (χ4n) is 2.29. The SMILES string of the molecule is COc1ccc(Cn2sc(Nc3ccc(OC(C)(F)F)cc3)nc2=O)cc1. The molecule has 0 spiro atoms. The minimum Gasteiger partial charge on any atom is -0.497 e. The van der Waals surface area contributed by atoms with E-state index in [2.05, 4.69) is 15.0 Å². The average Bonchev–Trinajstić information content (AvgIpc) is 2.95. The molecule has 0 aliphatic rings. The number of ether oxygens (including phenoxy) is 2. The number of methoxy groups -OCH3 is 1. The van der Waals surface area contributed by atoms with E-state index in [1.807, 2.05) is 24.3 Å².